The Bertz CT molecular complexity index is 534. The zero-order valence-electron chi connectivity index (χ0n) is 10.2. The summed E-state index contributed by atoms with van der Waals surface area (Å²) in [5.41, 5.74) is 1.23. The number of aromatic nitrogens is 1. The lowest BCUT2D eigenvalue weighted by molar-refractivity contribution is 0.103. The Balaban J connectivity index is 0.00000180. The molecule has 1 aromatic heterocycles. The first-order valence-electron chi connectivity index (χ1n) is 5.61. The summed E-state index contributed by atoms with van der Waals surface area (Å²) in [7, 11) is 0. The van der Waals surface area contributed by atoms with Gasteiger partial charge >= 0.3 is 0 Å². The Hall–Kier alpha value is -1.36. The monoisotopic (exact) mass is 295 g/mol. The van der Waals surface area contributed by atoms with Crippen molar-refractivity contribution in [1.29, 1.82) is 0 Å². The number of thioether (sulfide) groups is 1. The maximum Gasteiger partial charge on any atom is 0.195 e. The van der Waals surface area contributed by atoms with Crippen molar-refractivity contribution in [1.82, 2.24) is 4.98 Å². The number of aliphatic hydroxyl groups is 1. The van der Waals surface area contributed by atoms with E-state index in [4.69, 9.17) is 5.11 Å². The highest BCUT2D eigenvalue weighted by molar-refractivity contribution is 7.99. The highest BCUT2D eigenvalue weighted by atomic mass is 35.5. The molecule has 0 spiro atoms. The fourth-order valence-corrected chi connectivity index (χ4v) is 2.30. The topological polar surface area (TPSA) is 50.2 Å². The van der Waals surface area contributed by atoms with Crippen molar-refractivity contribution < 1.29 is 9.90 Å². The van der Waals surface area contributed by atoms with E-state index in [-0.39, 0.29) is 24.8 Å². The smallest absolute Gasteiger partial charge is 0.195 e. The summed E-state index contributed by atoms with van der Waals surface area (Å²) in [5.74, 6) is 0.496. The zero-order valence-corrected chi connectivity index (χ0v) is 11.8. The molecule has 1 heterocycles. The highest BCUT2D eigenvalue weighted by Gasteiger charge is 2.13. The lowest BCUT2D eigenvalue weighted by Crippen LogP contribution is -2.04. The molecule has 1 aromatic carbocycles. The summed E-state index contributed by atoms with van der Waals surface area (Å²) in [6.07, 6.45) is 1.65. The molecule has 0 bridgehead atoms. The number of pyridine rings is 1. The van der Waals surface area contributed by atoms with Crippen molar-refractivity contribution in [2.45, 2.75) is 5.03 Å². The molecule has 0 aliphatic rings. The standard InChI is InChI=1S/C14H13NO2S.ClH/c16-9-10-18-14-12(7-4-8-15-14)13(17)11-5-2-1-3-6-11;/h1-8,16H,9-10H2;1H. The Morgan fingerprint density at radius 3 is 2.58 bits per heavy atom. The van der Waals surface area contributed by atoms with E-state index >= 15 is 0 Å². The first-order valence-corrected chi connectivity index (χ1v) is 6.60. The molecule has 0 aliphatic heterocycles. The van der Waals surface area contributed by atoms with Gasteiger partial charge in [-0.25, -0.2) is 4.98 Å². The summed E-state index contributed by atoms with van der Waals surface area (Å²) in [6, 6.07) is 12.6. The molecule has 19 heavy (non-hydrogen) atoms. The number of ketones is 1. The number of halogens is 1. The van der Waals surface area contributed by atoms with Gasteiger partial charge in [0.1, 0.15) is 5.03 Å². The van der Waals surface area contributed by atoms with E-state index in [2.05, 4.69) is 4.98 Å². The van der Waals surface area contributed by atoms with Gasteiger partial charge in [0.15, 0.2) is 5.78 Å². The number of rotatable bonds is 5. The van der Waals surface area contributed by atoms with Gasteiger partial charge in [0.05, 0.1) is 12.2 Å². The summed E-state index contributed by atoms with van der Waals surface area (Å²) in [6.45, 7) is 0.0697. The van der Waals surface area contributed by atoms with Crippen LogP contribution in [0.5, 0.6) is 0 Å². The molecule has 0 saturated carbocycles. The van der Waals surface area contributed by atoms with Gasteiger partial charge in [-0.05, 0) is 12.1 Å². The summed E-state index contributed by atoms with van der Waals surface area (Å²) >= 11 is 1.39. The second-order valence-electron chi connectivity index (χ2n) is 3.62. The van der Waals surface area contributed by atoms with Crippen LogP contribution in [0.1, 0.15) is 15.9 Å². The molecule has 5 heteroatoms. The molecule has 0 radical (unpaired) electrons. The van der Waals surface area contributed by atoms with Crippen LogP contribution < -0.4 is 0 Å². The molecule has 100 valence electrons. The number of hydrogen-bond acceptors (Lipinski definition) is 4. The van der Waals surface area contributed by atoms with E-state index < -0.39 is 0 Å². The van der Waals surface area contributed by atoms with Crippen LogP contribution in [0.25, 0.3) is 0 Å². The average Bonchev–Trinajstić information content (AvgIpc) is 2.45. The van der Waals surface area contributed by atoms with Crippen molar-refractivity contribution in [3.63, 3.8) is 0 Å². The number of carbonyl (C=O) groups is 1. The number of carbonyl (C=O) groups excluding carboxylic acids is 1. The molecule has 3 nitrogen and oxygen atoms in total. The van der Waals surface area contributed by atoms with Crippen LogP contribution >= 0.6 is 24.2 Å². The lowest BCUT2D eigenvalue weighted by Gasteiger charge is -2.06. The number of nitrogens with zero attached hydrogens (tertiary/aromatic N) is 1. The normalized spacial score (nSPS) is 9.74. The molecule has 2 rings (SSSR count). The molecule has 0 unspecified atom stereocenters. The summed E-state index contributed by atoms with van der Waals surface area (Å²) in [5, 5.41) is 9.51. The van der Waals surface area contributed by atoms with Crippen LogP contribution in [-0.2, 0) is 0 Å². The third kappa shape index (κ3) is 4.06. The summed E-state index contributed by atoms with van der Waals surface area (Å²) < 4.78 is 0. The van der Waals surface area contributed by atoms with E-state index in [0.717, 1.165) is 0 Å². The predicted octanol–water partition coefficient (Wildman–Crippen LogP) is 2.82. The van der Waals surface area contributed by atoms with Crippen LogP contribution in [0, 0.1) is 0 Å². The van der Waals surface area contributed by atoms with Crippen LogP contribution in [0.4, 0.5) is 0 Å². The molecule has 0 saturated heterocycles. The average molecular weight is 296 g/mol. The molecule has 0 atom stereocenters. The third-order valence-electron chi connectivity index (χ3n) is 2.38. The van der Waals surface area contributed by atoms with Crippen molar-refractivity contribution in [3.05, 3.63) is 59.8 Å². The second kappa shape index (κ2) is 7.94. The molecule has 0 aliphatic carbocycles. The van der Waals surface area contributed by atoms with Crippen LogP contribution in [0.3, 0.4) is 0 Å². The molecule has 2 aromatic rings. The molecular weight excluding hydrogens is 282 g/mol. The van der Waals surface area contributed by atoms with Gasteiger partial charge in [-0.1, -0.05) is 30.3 Å². The van der Waals surface area contributed by atoms with Gasteiger partial charge in [0.2, 0.25) is 0 Å². The van der Waals surface area contributed by atoms with Gasteiger partial charge < -0.3 is 5.11 Å². The Labute approximate surface area is 122 Å². The first kappa shape index (κ1) is 15.7. The van der Waals surface area contributed by atoms with Crippen LogP contribution in [0.15, 0.2) is 53.7 Å². The van der Waals surface area contributed by atoms with Crippen molar-refractivity contribution in [2.75, 3.05) is 12.4 Å². The van der Waals surface area contributed by atoms with E-state index in [1.54, 1.807) is 30.5 Å². The van der Waals surface area contributed by atoms with E-state index in [0.29, 0.717) is 21.9 Å². The van der Waals surface area contributed by atoms with Gasteiger partial charge in [-0.15, -0.1) is 24.2 Å². The largest absolute Gasteiger partial charge is 0.396 e. The highest BCUT2D eigenvalue weighted by Crippen LogP contribution is 2.22. The molecule has 0 fully saturated rings. The quantitative estimate of drug-likeness (QED) is 0.681. The van der Waals surface area contributed by atoms with E-state index in [9.17, 15) is 4.79 Å². The molecule has 1 N–H and O–H groups in total. The van der Waals surface area contributed by atoms with E-state index in [1.165, 1.54) is 11.8 Å². The van der Waals surface area contributed by atoms with E-state index in [1.807, 2.05) is 18.2 Å². The van der Waals surface area contributed by atoms with Crippen molar-refractivity contribution in [3.8, 4) is 0 Å². The van der Waals surface area contributed by atoms with Crippen LogP contribution in [-0.4, -0.2) is 28.2 Å². The fourth-order valence-electron chi connectivity index (χ4n) is 1.57. The lowest BCUT2D eigenvalue weighted by atomic mass is 10.1. The van der Waals surface area contributed by atoms with Gasteiger partial charge in [0, 0.05) is 17.5 Å². The number of benzene rings is 1. The number of aliphatic hydroxyl groups excluding tert-OH is 1. The third-order valence-corrected chi connectivity index (χ3v) is 3.37. The first-order chi connectivity index (χ1) is 8.83. The minimum Gasteiger partial charge on any atom is -0.396 e. The van der Waals surface area contributed by atoms with Crippen molar-refractivity contribution in [2.24, 2.45) is 0 Å². The maximum absolute atomic E-state index is 12.3. The Morgan fingerprint density at radius 1 is 1.16 bits per heavy atom. The molecule has 0 amide bonds. The Morgan fingerprint density at radius 2 is 1.89 bits per heavy atom. The maximum atomic E-state index is 12.3. The SMILES string of the molecule is Cl.O=C(c1ccccc1)c1cccnc1SCCO. The van der Waals surface area contributed by atoms with Gasteiger partial charge in [0.25, 0.3) is 0 Å². The summed E-state index contributed by atoms with van der Waals surface area (Å²) in [4.78, 5) is 16.5. The van der Waals surface area contributed by atoms with Gasteiger partial charge in [-0.2, -0.15) is 0 Å². The Kier molecular flexibility index (Phi) is 6.56. The predicted molar refractivity (Wildman–Crippen MR) is 79.2 cm³/mol. The minimum atomic E-state index is -0.0378. The van der Waals surface area contributed by atoms with Gasteiger partial charge in [-0.3, -0.25) is 4.79 Å². The van der Waals surface area contributed by atoms with Crippen LogP contribution in [0.2, 0.25) is 0 Å². The number of hydrogen-bond donors (Lipinski definition) is 1. The molecular formula is C14H14ClNO2S. The second-order valence-corrected chi connectivity index (χ2v) is 4.71. The van der Waals surface area contributed by atoms with Crippen molar-refractivity contribution >= 4 is 30.0 Å². The zero-order chi connectivity index (χ0) is 12.8. The minimum absolute atomic E-state index is 0. The fraction of sp³-hybridized carbons (Fsp3) is 0.143.